The molecule has 0 bridgehead atoms. The van der Waals surface area contributed by atoms with Crippen LogP contribution in [0.3, 0.4) is 0 Å². The topological polar surface area (TPSA) is 198 Å². The molecular formula is C44H29Cl2F6N9O6. The lowest BCUT2D eigenvalue weighted by atomic mass is 10.0. The Labute approximate surface area is 382 Å². The molecule has 15 nitrogen and oxygen atoms in total. The lowest BCUT2D eigenvalue weighted by Gasteiger charge is -2.13. The minimum atomic E-state index is -4.59. The third-order valence-corrected chi connectivity index (χ3v) is 10.3. The van der Waals surface area contributed by atoms with Crippen molar-refractivity contribution >= 4 is 74.4 Å². The van der Waals surface area contributed by atoms with Crippen molar-refractivity contribution in [1.82, 2.24) is 29.4 Å². The maximum Gasteiger partial charge on any atom is 0.416 e. The quantitative estimate of drug-likeness (QED) is 0.124. The fraction of sp³-hybridized carbons (Fsp3) is 0.0909. The minimum absolute atomic E-state index is 0.0530. The maximum atomic E-state index is 13.0. The van der Waals surface area contributed by atoms with Crippen LogP contribution in [0.1, 0.15) is 31.8 Å². The number of nitrogens with zero attached hydrogens (tertiary/aromatic N) is 6. The molecule has 8 rings (SSSR count). The zero-order chi connectivity index (χ0) is 48.4. The predicted molar refractivity (Wildman–Crippen MR) is 237 cm³/mol. The number of fused-ring (bicyclic) bond motifs is 2. The van der Waals surface area contributed by atoms with Crippen molar-refractivity contribution in [3.05, 3.63) is 169 Å². The highest BCUT2D eigenvalue weighted by Gasteiger charge is 2.32. The SMILES string of the molecule is COn1c(=O)c(-c2cc(NC(=O)c3cccc(C(F)(F)F)c3)ccc2Cl)cc2cnc(N)nc21.COn1c(=O)c(-c2cc(NC(=O)c3cccc(C(F)(F)F)c3)ccc2Cl)cc2cncnc21. The van der Waals surface area contributed by atoms with Crippen LogP contribution in [0.2, 0.25) is 10.0 Å². The highest BCUT2D eigenvalue weighted by molar-refractivity contribution is 6.34. The first-order chi connectivity index (χ1) is 31.8. The van der Waals surface area contributed by atoms with Crippen molar-refractivity contribution < 1.29 is 45.6 Å². The van der Waals surface area contributed by atoms with Crippen LogP contribution in [0, 0.1) is 0 Å². The molecule has 4 heterocycles. The molecule has 4 aromatic carbocycles. The molecule has 0 unspecified atom stereocenters. The number of hydrogen-bond donors (Lipinski definition) is 3. The zero-order valence-corrected chi connectivity index (χ0v) is 35.7. The van der Waals surface area contributed by atoms with Gasteiger partial charge in [-0.1, -0.05) is 35.3 Å². The Morgan fingerprint density at radius 1 is 0.612 bits per heavy atom. The van der Waals surface area contributed by atoms with Crippen LogP contribution < -0.4 is 37.2 Å². The van der Waals surface area contributed by atoms with Gasteiger partial charge in [0, 0.05) is 66.8 Å². The van der Waals surface area contributed by atoms with Gasteiger partial charge in [-0.05, 0) is 84.9 Å². The standard InChI is InChI=1S/C22H15ClF3N5O3.C22H14ClF3N4O3/c1-34-31-18-12(10-28-21(27)30-18)8-16(20(31)33)15-9-14(5-6-17(15)23)29-19(32)11-3-2-4-13(7-11)22(24,25)26;1-33-30-19-13(10-27-11-28-19)8-17(21(30)32)16-9-15(5-6-18(16)23)29-20(31)12-3-2-4-14(7-12)22(24,25)26/h2-10H,1H3,(H,29,32)(H2,27,28,30);2-11H,1H3,(H,29,31). The van der Waals surface area contributed by atoms with Crippen molar-refractivity contribution in [3.63, 3.8) is 0 Å². The highest BCUT2D eigenvalue weighted by Crippen LogP contribution is 2.34. The molecule has 4 aromatic heterocycles. The number of rotatable bonds is 8. The number of pyridine rings is 2. The monoisotopic (exact) mass is 963 g/mol. The van der Waals surface area contributed by atoms with Gasteiger partial charge in [0.1, 0.15) is 20.5 Å². The van der Waals surface area contributed by atoms with Gasteiger partial charge in [0.05, 0.1) is 22.3 Å². The average molecular weight is 965 g/mol. The number of carbonyl (C=O) groups is 2. The summed E-state index contributed by atoms with van der Waals surface area (Å²) < 4.78 is 79.7. The third-order valence-electron chi connectivity index (χ3n) is 9.65. The Morgan fingerprint density at radius 3 is 1.54 bits per heavy atom. The van der Waals surface area contributed by atoms with Gasteiger partial charge in [-0.15, -0.1) is 9.46 Å². The second-order valence-electron chi connectivity index (χ2n) is 13.9. The summed E-state index contributed by atoms with van der Waals surface area (Å²) in [7, 11) is 2.58. The first-order valence-corrected chi connectivity index (χ1v) is 19.7. The molecule has 0 fully saturated rings. The van der Waals surface area contributed by atoms with Crippen LogP contribution in [0.25, 0.3) is 44.3 Å². The van der Waals surface area contributed by atoms with E-state index in [1.165, 1.54) is 93.6 Å². The second kappa shape index (κ2) is 18.8. The van der Waals surface area contributed by atoms with Gasteiger partial charge in [-0.25, -0.2) is 15.0 Å². The molecule has 23 heteroatoms. The molecule has 0 spiro atoms. The van der Waals surface area contributed by atoms with Crippen LogP contribution >= 0.6 is 23.2 Å². The number of anilines is 3. The number of benzene rings is 4. The smallest absolute Gasteiger partial charge is 0.412 e. The third kappa shape index (κ3) is 10.1. The number of aromatic nitrogens is 6. The second-order valence-corrected chi connectivity index (χ2v) is 14.8. The Balaban J connectivity index is 0.000000199. The van der Waals surface area contributed by atoms with Crippen molar-refractivity contribution in [1.29, 1.82) is 0 Å². The van der Waals surface area contributed by atoms with Crippen LogP contribution in [-0.2, 0) is 12.4 Å². The highest BCUT2D eigenvalue weighted by atomic mass is 35.5. The average Bonchev–Trinajstić information content (AvgIpc) is 3.30. The summed E-state index contributed by atoms with van der Waals surface area (Å²) in [4.78, 5) is 77.4. The summed E-state index contributed by atoms with van der Waals surface area (Å²) in [6.45, 7) is 0. The zero-order valence-electron chi connectivity index (χ0n) is 34.2. The van der Waals surface area contributed by atoms with E-state index in [-0.39, 0.29) is 72.0 Å². The molecule has 0 aliphatic rings. The number of nitrogens with two attached hydrogens (primary N) is 1. The summed E-state index contributed by atoms with van der Waals surface area (Å²) in [5, 5.41) is 6.38. The molecular weight excluding hydrogens is 935 g/mol. The van der Waals surface area contributed by atoms with Gasteiger partial charge < -0.3 is 26.0 Å². The van der Waals surface area contributed by atoms with Gasteiger partial charge in [0.15, 0.2) is 11.3 Å². The number of hydrogen-bond acceptors (Lipinski definition) is 11. The normalized spacial score (nSPS) is 11.4. The number of nitrogen functional groups attached to an aromatic ring is 1. The van der Waals surface area contributed by atoms with Crippen LogP contribution in [0.15, 0.2) is 125 Å². The molecule has 0 atom stereocenters. The molecule has 0 saturated heterocycles. The first kappa shape index (κ1) is 46.9. The van der Waals surface area contributed by atoms with Gasteiger partial charge >= 0.3 is 12.4 Å². The van der Waals surface area contributed by atoms with E-state index in [1.807, 2.05) is 0 Å². The first-order valence-electron chi connectivity index (χ1n) is 19.0. The largest absolute Gasteiger partial charge is 0.416 e. The molecule has 4 N–H and O–H groups in total. The number of halogens is 8. The summed E-state index contributed by atoms with van der Waals surface area (Å²) in [6, 6.07) is 19.8. The Hall–Kier alpha value is -8.04. The van der Waals surface area contributed by atoms with E-state index >= 15 is 0 Å². The summed E-state index contributed by atoms with van der Waals surface area (Å²) >= 11 is 12.6. The predicted octanol–water partition coefficient (Wildman–Crippen LogP) is 8.47. The van der Waals surface area contributed by atoms with Gasteiger partial charge in [0.25, 0.3) is 22.9 Å². The van der Waals surface area contributed by atoms with E-state index in [9.17, 15) is 45.5 Å². The Bertz CT molecular complexity index is 3370. The Kier molecular flexibility index (Phi) is 13.2. The van der Waals surface area contributed by atoms with Gasteiger partial charge in [-0.3, -0.25) is 19.2 Å². The molecule has 0 saturated carbocycles. The van der Waals surface area contributed by atoms with E-state index in [4.69, 9.17) is 38.6 Å². The van der Waals surface area contributed by atoms with E-state index in [0.717, 1.165) is 45.9 Å². The van der Waals surface area contributed by atoms with E-state index < -0.39 is 46.4 Å². The van der Waals surface area contributed by atoms with Gasteiger partial charge in [-0.2, -0.15) is 31.3 Å². The molecule has 0 radical (unpaired) electrons. The fourth-order valence-electron chi connectivity index (χ4n) is 6.53. The van der Waals surface area contributed by atoms with Crippen LogP contribution in [0.5, 0.6) is 0 Å². The van der Waals surface area contributed by atoms with E-state index in [2.05, 4.69) is 30.6 Å². The lowest BCUT2D eigenvalue weighted by molar-refractivity contribution is -0.138. The van der Waals surface area contributed by atoms with Crippen LogP contribution in [-0.4, -0.2) is 55.4 Å². The van der Waals surface area contributed by atoms with Crippen molar-refractivity contribution in [2.24, 2.45) is 0 Å². The van der Waals surface area contributed by atoms with Crippen molar-refractivity contribution in [3.8, 4) is 22.3 Å². The van der Waals surface area contributed by atoms with Gasteiger partial charge in [0.2, 0.25) is 5.95 Å². The van der Waals surface area contributed by atoms with Crippen molar-refractivity contribution in [2.75, 3.05) is 30.6 Å². The molecule has 67 heavy (non-hydrogen) atoms. The van der Waals surface area contributed by atoms with Crippen molar-refractivity contribution in [2.45, 2.75) is 12.4 Å². The minimum Gasteiger partial charge on any atom is -0.412 e. The summed E-state index contributed by atoms with van der Waals surface area (Å²) in [6.07, 6.45) is -4.99. The number of nitrogens with one attached hydrogen (secondary N) is 2. The molecule has 0 aliphatic carbocycles. The molecule has 0 aliphatic heterocycles. The number of carbonyl (C=O) groups excluding carboxylic acids is 2. The summed E-state index contributed by atoms with van der Waals surface area (Å²) in [5.74, 6) is -1.57. The lowest BCUT2D eigenvalue weighted by Crippen LogP contribution is -2.27. The fourth-order valence-corrected chi connectivity index (χ4v) is 6.97. The van der Waals surface area contributed by atoms with E-state index in [1.54, 1.807) is 0 Å². The molecule has 2 amide bonds. The van der Waals surface area contributed by atoms with E-state index in [0.29, 0.717) is 10.8 Å². The van der Waals surface area contributed by atoms with Crippen LogP contribution in [0.4, 0.5) is 43.7 Å². The summed E-state index contributed by atoms with van der Waals surface area (Å²) in [5.41, 5.74) is 3.83. The number of alkyl halides is 6. The molecule has 8 aromatic rings. The Morgan fingerprint density at radius 2 is 1.07 bits per heavy atom. The number of amides is 2. The molecule has 342 valence electrons. The maximum absolute atomic E-state index is 13.0.